The molecule has 20 heavy (non-hydrogen) atoms. The second-order valence-electron chi connectivity index (χ2n) is 5.20. The van der Waals surface area contributed by atoms with Gasteiger partial charge in [0.25, 0.3) is 0 Å². The Labute approximate surface area is 125 Å². The Morgan fingerprint density at radius 3 is 2.55 bits per heavy atom. The van der Waals surface area contributed by atoms with Gasteiger partial charge < -0.3 is 10.6 Å². The van der Waals surface area contributed by atoms with Crippen LogP contribution in [0.25, 0.3) is 0 Å². The number of hydrogen-bond donors (Lipinski definition) is 1. The van der Waals surface area contributed by atoms with Crippen molar-refractivity contribution >= 4 is 17.5 Å². The third-order valence-corrected chi connectivity index (χ3v) is 4.15. The van der Waals surface area contributed by atoms with Gasteiger partial charge in [-0.15, -0.1) is 0 Å². The summed E-state index contributed by atoms with van der Waals surface area (Å²) >= 11 is 5.94. The van der Waals surface area contributed by atoms with Crippen LogP contribution in [0.3, 0.4) is 0 Å². The summed E-state index contributed by atoms with van der Waals surface area (Å²) in [6, 6.07) is 8.07. The molecule has 2 rings (SSSR count). The molecule has 1 atom stereocenters. The highest BCUT2D eigenvalue weighted by atomic mass is 35.5. The van der Waals surface area contributed by atoms with E-state index in [0.29, 0.717) is 6.54 Å². The van der Waals surface area contributed by atoms with Gasteiger partial charge in [-0.05, 0) is 24.1 Å². The van der Waals surface area contributed by atoms with Crippen LogP contribution >= 0.6 is 11.6 Å². The minimum Gasteiger partial charge on any atom is -0.342 e. The number of nitrogens with zero attached hydrogens (tertiary/aromatic N) is 2. The molecule has 1 heterocycles. The van der Waals surface area contributed by atoms with Gasteiger partial charge in [0.1, 0.15) is 0 Å². The van der Waals surface area contributed by atoms with Gasteiger partial charge in [-0.1, -0.05) is 23.7 Å². The molecule has 1 aromatic carbocycles. The van der Waals surface area contributed by atoms with Crippen molar-refractivity contribution in [2.75, 3.05) is 32.7 Å². The molecule has 0 bridgehead atoms. The second kappa shape index (κ2) is 7.07. The molecule has 1 aromatic rings. The molecule has 1 aliphatic heterocycles. The Hall–Kier alpha value is -1.10. The van der Waals surface area contributed by atoms with Crippen LogP contribution in [-0.4, -0.2) is 48.4 Å². The molecule has 0 spiro atoms. The molecule has 2 N–H and O–H groups in total. The first-order valence-corrected chi connectivity index (χ1v) is 7.44. The van der Waals surface area contributed by atoms with Crippen LogP contribution in [0, 0.1) is 0 Å². The number of rotatable bonds is 3. The van der Waals surface area contributed by atoms with E-state index in [1.54, 1.807) is 6.92 Å². The Balaban J connectivity index is 2.07. The number of amides is 1. The molecule has 5 heteroatoms. The van der Waals surface area contributed by atoms with Gasteiger partial charge in [-0.2, -0.15) is 0 Å². The molecule has 110 valence electrons. The molecule has 0 saturated carbocycles. The molecule has 1 saturated heterocycles. The predicted molar refractivity (Wildman–Crippen MR) is 81.7 cm³/mol. The summed E-state index contributed by atoms with van der Waals surface area (Å²) in [5, 5.41) is 0.739. The molecule has 1 aliphatic rings. The molecule has 0 aliphatic carbocycles. The molecule has 1 amide bonds. The number of benzene rings is 1. The molecule has 0 aromatic heterocycles. The van der Waals surface area contributed by atoms with Crippen molar-refractivity contribution in [1.82, 2.24) is 9.80 Å². The lowest BCUT2D eigenvalue weighted by Crippen LogP contribution is -2.37. The van der Waals surface area contributed by atoms with Crippen molar-refractivity contribution in [2.45, 2.75) is 19.4 Å². The lowest BCUT2D eigenvalue weighted by Gasteiger charge is -2.30. The summed E-state index contributed by atoms with van der Waals surface area (Å²) in [6.45, 7) is 5.65. The Morgan fingerprint density at radius 1 is 1.25 bits per heavy atom. The van der Waals surface area contributed by atoms with Crippen molar-refractivity contribution in [3.63, 3.8) is 0 Å². The SMILES string of the molecule is CC(=O)N1CCCN(C(CN)c2ccc(Cl)cc2)CC1. The van der Waals surface area contributed by atoms with E-state index in [1.165, 1.54) is 5.56 Å². The first kappa shape index (κ1) is 15.3. The number of hydrogen-bond acceptors (Lipinski definition) is 3. The van der Waals surface area contributed by atoms with E-state index < -0.39 is 0 Å². The molecule has 4 nitrogen and oxygen atoms in total. The number of carbonyl (C=O) groups excluding carboxylic acids is 1. The van der Waals surface area contributed by atoms with Crippen molar-refractivity contribution in [3.05, 3.63) is 34.9 Å². The summed E-state index contributed by atoms with van der Waals surface area (Å²) in [5.41, 5.74) is 7.15. The maximum absolute atomic E-state index is 11.5. The Bertz CT molecular complexity index is 449. The summed E-state index contributed by atoms with van der Waals surface area (Å²) in [4.78, 5) is 15.8. The first-order chi connectivity index (χ1) is 9.61. The predicted octanol–water partition coefficient (Wildman–Crippen LogP) is 1.89. The Kier molecular flexibility index (Phi) is 5.40. The van der Waals surface area contributed by atoms with Gasteiger partial charge >= 0.3 is 0 Å². The lowest BCUT2D eigenvalue weighted by atomic mass is 10.1. The van der Waals surface area contributed by atoms with Gasteiger partial charge in [-0.25, -0.2) is 0 Å². The highest BCUT2D eigenvalue weighted by Gasteiger charge is 2.23. The molecule has 0 radical (unpaired) electrons. The maximum Gasteiger partial charge on any atom is 0.219 e. The highest BCUT2D eigenvalue weighted by molar-refractivity contribution is 6.30. The normalized spacial score (nSPS) is 18.6. The van der Waals surface area contributed by atoms with Gasteiger partial charge in [0.15, 0.2) is 0 Å². The van der Waals surface area contributed by atoms with E-state index in [1.807, 2.05) is 29.2 Å². The summed E-state index contributed by atoms with van der Waals surface area (Å²) in [7, 11) is 0. The fourth-order valence-electron chi connectivity index (χ4n) is 2.74. The first-order valence-electron chi connectivity index (χ1n) is 7.07. The van der Waals surface area contributed by atoms with Crippen LogP contribution in [-0.2, 0) is 4.79 Å². The number of nitrogens with two attached hydrogens (primary N) is 1. The average molecular weight is 296 g/mol. The van der Waals surface area contributed by atoms with Crippen LogP contribution in [0.4, 0.5) is 0 Å². The zero-order valence-electron chi connectivity index (χ0n) is 11.9. The third kappa shape index (κ3) is 3.72. The fraction of sp³-hybridized carbons (Fsp3) is 0.533. The second-order valence-corrected chi connectivity index (χ2v) is 5.64. The zero-order chi connectivity index (χ0) is 14.5. The van der Waals surface area contributed by atoms with E-state index in [9.17, 15) is 4.79 Å². The number of halogens is 1. The number of carbonyl (C=O) groups is 1. The summed E-state index contributed by atoms with van der Waals surface area (Å²) in [5.74, 6) is 0.155. The molecular weight excluding hydrogens is 274 g/mol. The van der Waals surface area contributed by atoms with E-state index in [2.05, 4.69) is 4.90 Å². The highest BCUT2D eigenvalue weighted by Crippen LogP contribution is 2.23. The van der Waals surface area contributed by atoms with Crippen LogP contribution in [0.5, 0.6) is 0 Å². The third-order valence-electron chi connectivity index (χ3n) is 3.89. The molecule has 1 fully saturated rings. The average Bonchev–Trinajstić information content (AvgIpc) is 2.68. The molecule has 1 unspecified atom stereocenters. The zero-order valence-corrected chi connectivity index (χ0v) is 12.6. The topological polar surface area (TPSA) is 49.6 Å². The van der Waals surface area contributed by atoms with Crippen LogP contribution in [0.15, 0.2) is 24.3 Å². The molecular formula is C15H22ClN3O. The van der Waals surface area contributed by atoms with Crippen molar-refractivity contribution in [1.29, 1.82) is 0 Å². The van der Waals surface area contributed by atoms with E-state index in [0.717, 1.165) is 37.6 Å². The fourth-order valence-corrected chi connectivity index (χ4v) is 2.87. The summed E-state index contributed by atoms with van der Waals surface area (Å²) < 4.78 is 0. The van der Waals surface area contributed by atoms with Gasteiger partial charge in [0.2, 0.25) is 5.91 Å². The summed E-state index contributed by atoms with van der Waals surface area (Å²) in [6.07, 6.45) is 0.990. The van der Waals surface area contributed by atoms with Gasteiger partial charge in [0, 0.05) is 50.7 Å². The van der Waals surface area contributed by atoms with Crippen LogP contribution in [0.1, 0.15) is 24.9 Å². The minimum absolute atomic E-state index is 0.155. The van der Waals surface area contributed by atoms with Crippen molar-refractivity contribution < 1.29 is 4.79 Å². The van der Waals surface area contributed by atoms with Crippen molar-refractivity contribution in [2.24, 2.45) is 5.73 Å². The van der Waals surface area contributed by atoms with Crippen molar-refractivity contribution in [3.8, 4) is 0 Å². The largest absolute Gasteiger partial charge is 0.342 e. The standard InChI is InChI=1S/C15H22ClN3O/c1-12(20)18-7-2-8-19(10-9-18)15(11-17)13-3-5-14(16)6-4-13/h3-6,15H,2,7-11,17H2,1H3. The quantitative estimate of drug-likeness (QED) is 0.926. The van der Waals surface area contributed by atoms with Gasteiger partial charge in [-0.3, -0.25) is 9.69 Å². The van der Waals surface area contributed by atoms with E-state index in [-0.39, 0.29) is 11.9 Å². The smallest absolute Gasteiger partial charge is 0.219 e. The lowest BCUT2D eigenvalue weighted by molar-refractivity contribution is -0.128. The van der Waals surface area contributed by atoms with Crippen LogP contribution < -0.4 is 5.73 Å². The monoisotopic (exact) mass is 295 g/mol. The van der Waals surface area contributed by atoms with E-state index in [4.69, 9.17) is 17.3 Å². The minimum atomic E-state index is 0.155. The van der Waals surface area contributed by atoms with E-state index >= 15 is 0 Å². The van der Waals surface area contributed by atoms with Gasteiger partial charge in [0.05, 0.1) is 0 Å². The maximum atomic E-state index is 11.5. The van der Waals surface area contributed by atoms with Crippen LogP contribution in [0.2, 0.25) is 5.02 Å². The Morgan fingerprint density at radius 2 is 1.95 bits per heavy atom.